The maximum absolute atomic E-state index is 12.2. The van der Waals surface area contributed by atoms with Crippen LogP contribution >= 0.6 is 22.9 Å². The Morgan fingerprint density at radius 3 is 2.90 bits per heavy atom. The molecule has 1 aromatic heterocycles. The van der Waals surface area contributed by atoms with Gasteiger partial charge in [0.1, 0.15) is 0 Å². The topological polar surface area (TPSA) is 42.0 Å². The summed E-state index contributed by atoms with van der Waals surface area (Å²) in [6, 6.07) is 13.1. The molecule has 1 N–H and O–H groups in total. The molecule has 5 heteroatoms. The lowest BCUT2D eigenvalue weighted by molar-refractivity contribution is 0.102. The fraction of sp³-hybridized carbons (Fsp3) is 0.0667. The van der Waals surface area contributed by atoms with Gasteiger partial charge in [-0.05, 0) is 42.8 Å². The number of thiazole rings is 1. The zero-order chi connectivity index (χ0) is 14.1. The highest BCUT2D eigenvalue weighted by atomic mass is 35.5. The Morgan fingerprint density at radius 2 is 2.10 bits per heavy atom. The van der Waals surface area contributed by atoms with Crippen LogP contribution in [0.1, 0.15) is 15.4 Å². The Kier molecular flexibility index (Phi) is 3.42. The van der Waals surface area contributed by atoms with E-state index in [0.717, 1.165) is 21.5 Å². The van der Waals surface area contributed by atoms with Crippen molar-refractivity contribution < 1.29 is 4.79 Å². The highest BCUT2D eigenvalue weighted by molar-refractivity contribution is 7.20. The van der Waals surface area contributed by atoms with Gasteiger partial charge in [0.25, 0.3) is 5.91 Å². The van der Waals surface area contributed by atoms with Crippen molar-refractivity contribution in [2.45, 2.75) is 6.92 Å². The molecule has 0 radical (unpaired) electrons. The number of hydrogen-bond donors (Lipinski definition) is 1. The number of nitrogens with one attached hydrogen (secondary N) is 1. The average molecular weight is 303 g/mol. The number of aryl methyl sites for hydroxylation is 1. The van der Waals surface area contributed by atoms with E-state index in [0.29, 0.717) is 10.0 Å². The van der Waals surface area contributed by atoms with Gasteiger partial charge < -0.3 is 5.32 Å². The number of hydrogen-bond acceptors (Lipinski definition) is 3. The number of nitrogens with zero attached hydrogens (tertiary/aromatic N) is 1. The second kappa shape index (κ2) is 5.23. The van der Waals surface area contributed by atoms with Crippen LogP contribution in [0.5, 0.6) is 0 Å². The quantitative estimate of drug-likeness (QED) is 0.756. The van der Waals surface area contributed by atoms with Crippen LogP contribution < -0.4 is 5.32 Å². The monoisotopic (exact) mass is 302 g/mol. The van der Waals surface area contributed by atoms with Crippen LogP contribution in [-0.2, 0) is 0 Å². The molecule has 0 saturated carbocycles. The Hall–Kier alpha value is -1.91. The number of benzene rings is 2. The first kappa shape index (κ1) is 13.1. The number of carbonyl (C=O) groups is 1. The minimum absolute atomic E-state index is 0.201. The maximum Gasteiger partial charge on any atom is 0.284 e. The van der Waals surface area contributed by atoms with Crippen molar-refractivity contribution in [2.24, 2.45) is 0 Å². The van der Waals surface area contributed by atoms with Crippen LogP contribution in [-0.4, -0.2) is 10.9 Å². The van der Waals surface area contributed by atoms with Gasteiger partial charge in [-0.15, -0.1) is 11.3 Å². The van der Waals surface area contributed by atoms with E-state index in [2.05, 4.69) is 10.3 Å². The summed E-state index contributed by atoms with van der Waals surface area (Å²) in [7, 11) is 0. The molecule has 0 bridgehead atoms. The summed E-state index contributed by atoms with van der Waals surface area (Å²) in [6.45, 7) is 1.98. The zero-order valence-corrected chi connectivity index (χ0v) is 12.3. The van der Waals surface area contributed by atoms with Crippen molar-refractivity contribution in [2.75, 3.05) is 5.32 Å². The SMILES string of the molecule is Cc1cccc(NC(=O)c2nc3cc(Cl)ccc3s2)c1. The summed E-state index contributed by atoms with van der Waals surface area (Å²) in [4.78, 5) is 16.5. The van der Waals surface area contributed by atoms with Crippen LogP contribution in [0, 0.1) is 6.92 Å². The standard InChI is InChI=1S/C15H11ClN2OS/c1-9-3-2-4-11(7-9)17-14(19)15-18-12-8-10(16)5-6-13(12)20-15/h2-8H,1H3,(H,17,19). The van der Waals surface area contributed by atoms with Crippen molar-refractivity contribution in [3.8, 4) is 0 Å². The first-order valence-corrected chi connectivity index (χ1v) is 7.25. The van der Waals surface area contributed by atoms with E-state index in [4.69, 9.17) is 11.6 Å². The first-order chi connectivity index (χ1) is 9.61. The molecule has 0 spiro atoms. The first-order valence-electron chi connectivity index (χ1n) is 6.06. The molecule has 3 aromatic rings. The number of anilines is 1. The van der Waals surface area contributed by atoms with E-state index in [9.17, 15) is 4.79 Å². The molecule has 2 aromatic carbocycles. The second-order valence-corrected chi connectivity index (χ2v) is 5.92. The Morgan fingerprint density at radius 1 is 1.25 bits per heavy atom. The third-order valence-electron chi connectivity index (χ3n) is 2.82. The molecule has 100 valence electrons. The maximum atomic E-state index is 12.2. The van der Waals surface area contributed by atoms with Crippen LogP contribution in [0.4, 0.5) is 5.69 Å². The lowest BCUT2D eigenvalue weighted by Crippen LogP contribution is -2.11. The van der Waals surface area contributed by atoms with Gasteiger partial charge in [-0.3, -0.25) is 4.79 Å². The molecule has 0 aliphatic rings. The van der Waals surface area contributed by atoms with Crippen molar-refractivity contribution in [1.82, 2.24) is 4.98 Å². The molecule has 0 atom stereocenters. The Balaban J connectivity index is 1.88. The lowest BCUT2D eigenvalue weighted by atomic mass is 10.2. The lowest BCUT2D eigenvalue weighted by Gasteiger charge is -2.03. The van der Waals surface area contributed by atoms with E-state index in [-0.39, 0.29) is 5.91 Å². The van der Waals surface area contributed by atoms with Gasteiger partial charge in [-0.2, -0.15) is 0 Å². The second-order valence-electron chi connectivity index (χ2n) is 4.45. The third kappa shape index (κ3) is 2.66. The van der Waals surface area contributed by atoms with E-state index in [1.165, 1.54) is 11.3 Å². The minimum atomic E-state index is -0.201. The Bertz CT molecular complexity index is 797. The highest BCUT2D eigenvalue weighted by Gasteiger charge is 2.12. The molecule has 3 rings (SSSR count). The summed E-state index contributed by atoms with van der Waals surface area (Å²) in [5, 5.41) is 3.90. The van der Waals surface area contributed by atoms with Gasteiger partial charge in [0.2, 0.25) is 0 Å². The molecule has 0 unspecified atom stereocenters. The molecule has 0 fully saturated rings. The molecule has 3 nitrogen and oxygen atoms in total. The van der Waals surface area contributed by atoms with Gasteiger partial charge in [0.05, 0.1) is 10.2 Å². The van der Waals surface area contributed by atoms with E-state index in [1.807, 2.05) is 37.3 Å². The fourth-order valence-corrected chi connectivity index (χ4v) is 2.91. The smallest absolute Gasteiger partial charge is 0.284 e. The van der Waals surface area contributed by atoms with Crippen molar-refractivity contribution >= 4 is 44.7 Å². The zero-order valence-electron chi connectivity index (χ0n) is 10.7. The van der Waals surface area contributed by atoms with Gasteiger partial charge in [-0.1, -0.05) is 23.7 Å². The van der Waals surface area contributed by atoms with Gasteiger partial charge >= 0.3 is 0 Å². The van der Waals surface area contributed by atoms with E-state index < -0.39 is 0 Å². The fourth-order valence-electron chi connectivity index (χ4n) is 1.91. The third-order valence-corrected chi connectivity index (χ3v) is 4.09. The summed E-state index contributed by atoms with van der Waals surface area (Å²) in [5.41, 5.74) is 2.61. The molecular formula is C15H11ClN2OS. The Labute approximate surface area is 125 Å². The molecule has 1 heterocycles. The van der Waals surface area contributed by atoms with Crippen LogP contribution in [0.15, 0.2) is 42.5 Å². The average Bonchev–Trinajstić information content (AvgIpc) is 2.81. The molecular weight excluding hydrogens is 292 g/mol. The molecule has 1 amide bonds. The summed E-state index contributed by atoms with van der Waals surface area (Å²) in [6.07, 6.45) is 0. The summed E-state index contributed by atoms with van der Waals surface area (Å²) >= 11 is 7.27. The van der Waals surface area contributed by atoms with Gasteiger partial charge in [-0.25, -0.2) is 4.98 Å². The number of aromatic nitrogens is 1. The van der Waals surface area contributed by atoms with Crippen LogP contribution in [0.2, 0.25) is 5.02 Å². The number of fused-ring (bicyclic) bond motifs is 1. The largest absolute Gasteiger partial charge is 0.320 e. The van der Waals surface area contributed by atoms with Crippen molar-refractivity contribution in [3.63, 3.8) is 0 Å². The van der Waals surface area contributed by atoms with E-state index in [1.54, 1.807) is 12.1 Å². The van der Waals surface area contributed by atoms with Crippen molar-refractivity contribution in [3.05, 3.63) is 58.1 Å². The van der Waals surface area contributed by atoms with Gasteiger partial charge in [0.15, 0.2) is 5.01 Å². The number of amides is 1. The van der Waals surface area contributed by atoms with Crippen LogP contribution in [0.25, 0.3) is 10.2 Å². The minimum Gasteiger partial charge on any atom is -0.320 e. The predicted octanol–water partition coefficient (Wildman–Crippen LogP) is 4.51. The predicted molar refractivity (Wildman–Crippen MR) is 83.8 cm³/mol. The highest BCUT2D eigenvalue weighted by Crippen LogP contribution is 2.25. The molecule has 0 aliphatic carbocycles. The van der Waals surface area contributed by atoms with Crippen LogP contribution in [0.3, 0.4) is 0 Å². The van der Waals surface area contributed by atoms with E-state index >= 15 is 0 Å². The number of rotatable bonds is 2. The molecule has 0 aliphatic heterocycles. The molecule has 0 saturated heterocycles. The number of halogens is 1. The number of carbonyl (C=O) groups excluding carboxylic acids is 1. The van der Waals surface area contributed by atoms with Crippen molar-refractivity contribution in [1.29, 1.82) is 0 Å². The van der Waals surface area contributed by atoms with Gasteiger partial charge in [0, 0.05) is 10.7 Å². The summed E-state index contributed by atoms with van der Waals surface area (Å²) < 4.78 is 0.948. The summed E-state index contributed by atoms with van der Waals surface area (Å²) in [5.74, 6) is -0.201. The molecule has 20 heavy (non-hydrogen) atoms. The normalized spacial score (nSPS) is 10.7.